The molecule has 5 heteroatoms. The number of aryl methyl sites for hydroxylation is 1. The fourth-order valence-corrected chi connectivity index (χ4v) is 1.94. The standard InChI is InChI=1S/C14H23N3O2/c1-4-6-7-11(5-2)9-15-14-16-10(3)8-12(17-14)13(18)19/h8,11H,4-7,9H2,1-3H3,(H,18,19)(H,15,16,17). The summed E-state index contributed by atoms with van der Waals surface area (Å²) < 4.78 is 0. The molecule has 1 aromatic rings. The zero-order valence-electron chi connectivity index (χ0n) is 11.9. The summed E-state index contributed by atoms with van der Waals surface area (Å²) in [6, 6.07) is 1.47. The van der Waals surface area contributed by atoms with E-state index in [4.69, 9.17) is 5.11 Å². The summed E-state index contributed by atoms with van der Waals surface area (Å²) in [6.45, 7) is 6.91. The summed E-state index contributed by atoms with van der Waals surface area (Å²) in [7, 11) is 0. The molecule has 0 saturated carbocycles. The molecular formula is C14H23N3O2. The van der Waals surface area contributed by atoms with Gasteiger partial charge in [0, 0.05) is 12.2 Å². The number of hydrogen-bond donors (Lipinski definition) is 2. The van der Waals surface area contributed by atoms with Gasteiger partial charge in [-0.2, -0.15) is 0 Å². The molecule has 1 unspecified atom stereocenters. The second kappa shape index (κ2) is 7.71. The van der Waals surface area contributed by atoms with Crippen LogP contribution in [0.3, 0.4) is 0 Å². The third-order valence-corrected chi connectivity index (χ3v) is 3.17. The fourth-order valence-electron chi connectivity index (χ4n) is 1.94. The first-order chi connectivity index (χ1) is 9.06. The number of aromatic nitrogens is 2. The van der Waals surface area contributed by atoms with Crippen molar-refractivity contribution >= 4 is 11.9 Å². The molecule has 0 amide bonds. The van der Waals surface area contributed by atoms with Gasteiger partial charge in [0.1, 0.15) is 0 Å². The van der Waals surface area contributed by atoms with Crippen LogP contribution in [-0.4, -0.2) is 27.6 Å². The summed E-state index contributed by atoms with van der Waals surface area (Å²) in [6.07, 6.45) is 4.69. The second-order valence-electron chi connectivity index (χ2n) is 4.82. The van der Waals surface area contributed by atoms with Gasteiger partial charge in [-0.3, -0.25) is 0 Å². The molecule has 2 N–H and O–H groups in total. The molecule has 0 aliphatic heterocycles. The number of rotatable bonds is 8. The minimum atomic E-state index is -1.02. The van der Waals surface area contributed by atoms with Crippen molar-refractivity contribution in [2.75, 3.05) is 11.9 Å². The number of nitrogens with zero attached hydrogens (tertiary/aromatic N) is 2. The minimum Gasteiger partial charge on any atom is -0.477 e. The van der Waals surface area contributed by atoms with Crippen molar-refractivity contribution in [2.45, 2.75) is 46.5 Å². The SMILES string of the molecule is CCCCC(CC)CNc1nc(C)cc(C(=O)O)n1. The number of hydrogen-bond acceptors (Lipinski definition) is 4. The maximum atomic E-state index is 10.9. The first-order valence-corrected chi connectivity index (χ1v) is 6.89. The Hall–Kier alpha value is -1.65. The Balaban J connectivity index is 2.63. The van der Waals surface area contributed by atoms with Crippen LogP contribution in [0.4, 0.5) is 5.95 Å². The molecule has 0 aliphatic rings. The predicted octanol–water partition coefficient (Wildman–Crippen LogP) is 3.11. The summed E-state index contributed by atoms with van der Waals surface area (Å²) in [5.74, 6) is -0.0312. The number of carboxylic acids is 1. The van der Waals surface area contributed by atoms with Crippen LogP contribution in [0, 0.1) is 12.8 Å². The van der Waals surface area contributed by atoms with E-state index in [0.717, 1.165) is 13.0 Å². The largest absolute Gasteiger partial charge is 0.477 e. The molecule has 0 aliphatic carbocycles. The number of unbranched alkanes of at least 4 members (excludes halogenated alkanes) is 1. The average molecular weight is 265 g/mol. The highest BCUT2D eigenvalue weighted by Crippen LogP contribution is 2.13. The Kier molecular flexibility index (Phi) is 6.25. The first kappa shape index (κ1) is 15.4. The zero-order chi connectivity index (χ0) is 14.3. The molecule has 0 saturated heterocycles. The topological polar surface area (TPSA) is 75.1 Å². The van der Waals surface area contributed by atoms with Gasteiger partial charge in [-0.1, -0.05) is 33.1 Å². The van der Waals surface area contributed by atoms with E-state index in [1.54, 1.807) is 6.92 Å². The van der Waals surface area contributed by atoms with Crippen molar-refractivity contribution in [3.63, 3.8) is 0 Å². The van der Waals surface area contributed by atoms with E-state index in [-0.39, 0.29) is 5.69 Å². The minimum absolute atomic E-state index is 0.0385. The Labute approximate surface area is 114 Å². The summed E-state index contributed by atoms with van der Waals surface area (Å²) in [4.78, 5) is 19.1. The quantitative estimate of drug-likeness (QED) is 0.755. The highest BCUT2D eigenvalue weighted by Gasteiger charge is 2.10. The number of nitrogens with one attached hydrogen (secondary N) is 1. The Bertz CT molecular complexity index is 421. The lowest BCUT2D eigenvalue weighted by Crippen LogP contribution is -2.16. The van der Waals surface area contributed by atoms with Gasteiger partial charge in [-0.05, 0) is 25.3 Å². The van der Waals surface area contributed by atoms with Crippen LogP contribution < -0.4 is 5.32 Å². The number of anilines is 1. The lowest BCUT2D eigenvalue weighted by molar-refractivity contribution is 0.0690. The van der Waals surface area contributed by atoms with E-state index in [1.165, 1.54) is 25.3 Å². The molecule has 0 aromatic carbocycles. The number of aromatic carboxylic acids is 1. The van der Waals surface area contributed by atoms with E-state index in [2.05, 4.69) is 29.1 Å². The normalized spacial score (nSPS) is 12.2. The lowest BCUT2D eigenvalue weighted by Gasteiger charge is -2.15. The van der Waals surface area contributed by atoms with Crippen molar-refractivity contribution in [1.82, 2.24) is 9.97 Å². The third-order valence-electron chi connectivity index (χ3n) is 3.17. The van der Waals surface area contributed by atoms with Gasteiger partial charge in [0.2, 0.25) is 5.95 Å². The first-order valence-electron chi connectivity index (χ1n) is 6.89. The number of carbonyl (C=O) groups is 1. The summed E-state index contributed by atoms with van der Waals surface area (Å²) in [5, 5.41) is 12.1. The van der Waals surface area contributed by atoms with Gasteiger partial charge >= 0.3 is 5.97 Å². The van der Waals surface area contributed by atoms with Gasteiger partial charge in [0.25, 0.3) is 0 Å². The molecule has 0 bridgehead atoms. The van der Waals surface area contributed by atoms with Gasteiger partial charge in [-0.25, -0.2) is 14.8 Å². The molecule has 106 valence electrons. The van der Waals surface area contributed by atoms with Crippen molar-refractivity contribution in [1.29, 1.82) is 0 Å². The van der Waals surface area contributed by atoms with Crippen molar-refractivity contribution in [2.24, 2.45) is 5.92 Å². The van der Waals surface area contributed by atoms with E-state index in [9.17, 15) is 4.79 Å². The van der Waals surface area contributed by atoms with Gasteiger partial charge in [0.15, 0.2) is 5.69 Å². The van der Waals surface area contributed by atoms with E-state index in [1.807, 2.05) is 0 Å². The fraction of sp³-hybridized carbons (Fsp3) is 0.643. The molecule has 0 radical (unpaired) electrons. The molecule has 1 rings (SSSR count). The monoisotopic (exact) mass is 265 g/mol. The molecule has 19 heavy (non-hydrogen) atoms. The van der Waals surface area contributed by atoms with E-state index >= 15 is 0 Å². The van der Waals surface area contributed by atoms with E-state index in [0.29, 0.717) is 17.6 Å². The molecule has 5 nitrogen and oxygen atoms in total. The predicted molar refractivity (Wildman–Crippen MR) is 75.5 cm³/mol. The van der Waals surface area contributed by atoms with Crippen LogP contribution >= 0.6 is 0 Å². The Morgan fingerprint density at radius 3 is 2.74 bits per heavy atom. The Morgan fingerprint density at radius 1 is 1.42 bits per heavy atom. The zero-order valence-corrected chi connectivity index (χ0v) is 11.9. The van der Waals surface area contributed by atoms with Crippen LogP contribution in [0.2, 0.25) is 0 Å². The van der Waals surface area contributed by atoms with Crippen LogP contribution in [0.5, 0.6) is 0 Å². The molecule has 0 spiro atoms. The number of carboxylic acid groups (broad SMARTS) is 1. The second-order valence-corrected chi connectivity index (χ2v) is 4.82. The summed E-state index contributed by atoms with van der Waals surface area (Å²) in [5.41, 5.74) is 0.702. The molecule has 1 heterocycles. The van der Waals surface area contributed by atoms with Gasteiger partial charge in [-0.15, -0.1) is 0 Å². The Morgan fingerprint density at radius 2 is 2.16 bits per heavy atom. The van der Waals surface area contributed by atoms with Gasteiger partial charge in [0.05, 0.1) is 0 Å². The van der Waals surface area contributed by atoms with Crippen molar-refractivity contribution < 1.29 is 9.90 Å². The molecule has 1 aromatic heterocycles. The maximum absolute atomic E-state index is 10.9. The molecule has 1 atom stereocenters. The van der Waals surface area contributed by atoms with E-state index < -0.39 is 5.97 Å². The smallest absolute Gasteiger partial charge is 0.354 e. The summed E-state index contributed by atoms with van der Waals surface area (Å²) >= 11 is 0. The van der Waals surface area contributed by atoms with Crippen molar-refractivity contribution in [3.05, 3.63) is 17.5 Å². The maximum Gasteiger partial charge on any atom is 0.354 e. The molecule has 0 fully saturated rings. The highest BCUT2D eigenvalue weighted by molar-refractivity contribution is 5.85. The lowest BCUT2D eigenvalue weighted by atomic mass is 9.99. The highest BCUT2D eigenvalue weighted by atomic mass is 16.4. The average Bonchev–Trinajstić information content (AvgIpc) is 2.38. The van der Waals surface area contributed by atoms with Crippen LogP contribution in [0.25, 0.3) is 0 Å². The molecular weight excluding hydrogens is 242 g/mol. The van der Waals surface area contributed by atoms with Crippen molar-refractivity contribution in [3.8, 4) is 0 Å². The van der Waals surface area contributed by atoms with Crippen LogP contribution in [0.15, 0.2) is 6.07 Å². The van der Waals surface area contributed by atoms with Crippen LogP contribution in [0.1, 0.15) is 55.7 Å². The van der Waals surface area contributed by atoms with Crippen LogP contribution in [-0.2, 0) is 0 Å². The third kappa shape index (κ3) is 5.24. The van der Waals surface area contributed by atoms with Gasteiger partial charge < -0.3 is 10.4 Å².